The molecule has 0 radical (unpaired) electrons. The van der Waals surface area contributed by atoms with E-state index in [1.807, 2.05) is 42.5 Å². The Morgan fingerprint density at radius 1 is 1.00 bits per heavy atom. The normalized spacial score (nSPS) is 12.4. The monoisotopic (exact) mass is 360 g/mol. The average molecular weight is 360 g/mol. The van der Waals surface area contributed by atoms with Crippen molar-refractivity contribution in [1.82, 2.24) is 4.98 Å². The minimum absolute atomic E-state index is 0.0146. The Labute approximate surface area is 154 Å². The molecule has 3 aromatic rings. The van der Waals surface area contributed by atoms with Gasteiger partial charge >= 0.3 is 5.97 Å². The van der Waals surface area contributed by atoms with Gasteiger partial charge in [-0.25, -0.2) is 4.79 Å². The molecule has 2 heterocycles. The number of ether oxygens (including phenoxy) is 1. The van der Waals surface area contributed by atoms with Crippen molar-refractivity contribution < 1.29 is 14.3 Å². The molecule has 6 nitrogen and oxygen atoms in total. The summed E-state index contributed by atoms with van der Waals surface area (Å²) in [5, 5.41) is 2.74. The van der Waals surface area contributed by atoms with Crippen molar-refractivity contribution in [2.45, 2.75) is 13.5 Å². The number of fused-ring (bicyclic) bond motifs is 1. The highest BCUT2D eigenvalue weighted by Gasteiger charge is 2.28. The van der Waals surface area contributed by atoms with Crippen molar-refractivity contribution in [3.8, 4) is 11.1 Å². The Balaban J connectivity index is 1.60. The highest BCUT2D eigenvalue weighted by molar-refractivity contribution is 6.06. The summed E-state index contributed by atoms with van der Waals surface area (Å²) in [5.41, 5.74) is 3.18. The van der Waals surface area contributed by atoms with Crippen molar-refractivity contribution in [1.29, 1.82) is 0 Å². The van der Waals surface area contributed by atoms with Gasteiger partial charge in [0.05, 0.1) is 0 Å². The molecule has 1 aliphatic rings. The van der Waals surface area contributed by atoms with E-state index in [9.17, 15) is 14.4 Å². The third-order valence-electron chi connectivity index (χ3n) is 4.62. The fourth-order valence-electron chi connectivity index (χ4n) is 3.17. The lowest BCUT2D eigenvalue weighted by atomic mass is 10.0. The van der Waals surface area contributed by atoms with Gasteiger partial charge in [-0.15, -0.1) is 0 Å². The molecule has 2 N–H and O–H groups in total. The van der Waals surface area contributed by atoms with Crippen LogP contribution in [0.5, 0.6) is 0 Å². The van der Waals surface area contributed by atoms with E-state index in [-0.39, 0.29) is 17.9 Å². The van der Waals surface area contributed by atoms with Gasteiger partial charge in [-0.1, -0.05) is 42.5 Å². The Morgan fingerprint density at radius 3 is 2.37 bits per heavy atom. The lowest BCUT2D eigenvalue weighted by Gasteiger charge is -2.10. The number of carbonyl (C=O) groups is 2. The molecule has 0 spiro atoms. The average Bonchev–Trinajstić information content (AvgIpc) is 3.04. The van der Waals surface area contributed by atoms with E-state index in [4.69, 9.17) is 4.74 Å². The van der Waals surface area contributed by atoms with Crippen LogP contribution in [0.25, 0.3) is 11.1 Å². The Hall–Kier alpha value is -3.67. The van der Waals surface area contributed by atoms with Gasteiger partial charge in [0.1, 0.15) is 17.9 Å². The Kier molecular flexibility index (Phi) is 4.08. The Morgan fingerprint density at radius 2 is 1.67 bits per heavy atom. The number of aromatic amines is 1. The van der Waals surface area contributed by atoms with Crippen LogP contribution in [0.3, 0.4) is 0 Å². The number of pyridine rings is 1. The fraction of sp³-hybridized carbons (Fsp3) is 0.0952. The molecule has 27 heavy (non-hydrogen) atoms. The van der Waals surface area contributed by atoms with Crippen LogP contribution in [0.4, 0.5) is 5.69 Å². The predicted molar refractivity (Wildman–Crippen MR) is 101 cm³/mol. The predicted octanol–water partition coefficient (Wildman–Crippen LogP) is 3.27. The second kappa shape index (κ2) is 6.57. The van der Waals surface area contributed by atoms with E-state index in [0.717, 1.165) is 11.1 Å². The van der Waals surface area contributed by atoms with E-state index in [1.165, 1.54) is 0 Å². The molecule has 0 atom stereocenters. The molecule has 0 saturated carbocycles. The molecule has 0 fully saturated rings. The number of carbonyl (C=O) groups excluding carboxylic acids is 2. The molecule has 2 aromatic carbocycles. The third-order valence-corrected chi connectivity index (χ3v) is 4.62. The molecule has 1 aromatic heterocycles. The van der Waals surface area contributed by atoms with E-state index >= 15 is 0 Å². The molecule has 1 amide bonds. The molecular formula is C21H16N2O4. The standard InChI is InChI=1S/C21H16N2O4/c1-12-16-11-27-21(26)18(16)23-20(25)17(12)19(24)22-15-9-7-14(8-10-15)13-5-3-2-4-6-13/h2-10H,11H2,1H3,(H,22,24)(H,23,25). The second-order valence-corrected chi connectivity index (χ2v) is 6.28. The summed E-state index contributed by atoms with van der Waals surface area (Å²) in [6, 6.07) is 17.2. The number of nitrogens with one attached hydrogen (secondary N) is 2. The summed E-state index contributed by atoms with van der Waals surface area (Å²) < 4.78 is 4.93. The maximum Gasteiger partial charge on any atom is 0.355 e. The molecule has 0 saturated heterocycles. The van der Waals surface area contributed by atoms with E-state index in [0.29, 0.717) is 16.8 Å². The molecule has 0 unspecified atom stereocenters. The van der Waals surface area contributed by atoms with Gasteiger partial charge in [-0.05, 0) is 35.7 Å². The number of hydrogen-bond acceptors (Lipinski definition) is 4. The summed E-state index contributed by atoms with van der Waals surface area (Å²) in [7, 11) is 0. The van der Waals surface area contributed by atoms with E-state index in [1.54, 1.807) is 19.1 Å². The summed E-state index contributed by atoms with van der Waals surface area (Å²) in [5.74, 6) is -1.10. The van der Waals surface area contributed by atoms with Crippen LogP contribution in [-0.2, 0) is 11.3 Å². The maximum absolute atomic E-state index is 12.6. The first-order chi connectivity index (χ1) is 13.0. The van der Waals surface area contributed by atoms with Gasteiger partial charge in [-0.3, -0.25) is 9.59 Å². The molecule has 0 bridgehead atoms. The number of esters is 1. The molecule has 0 aliphatic carbocycles. The zero-order chi connectivity index (χ0) is 19.0. The van der Waals surface area contributed by atoms with Crippen LogP contribution in [0.15, 0.2) is 59.4 Å². The van der Waals surface area contributed by atoms with Crippen molar-refractivity contribution in [3.63, 3.8) is 0 Å². The zero-order valence-corrected chi connectivity index (χ0v) is 14.5. The first-order valence-electron chi connectivity index (χ1n) is 8.44. The minimum atomic E-state index is -0.608. The van der Waals surface area contributed by atoms with Gasteiger partial charge in [0.15, 0.2) is 0 Å². The van der Waals surface area contributed by atoms with Crippen LogP contribution >= 0.6 is 0 Å². The van der Waals surface area contributed by atoms with Crippen molar-refractivity contribution in [3.05, 3.63) is 87.3 Å². The van der Waals surface area contributed by atoms with Gasteiger partial charge in [-0.2, -0.15) is 0 Å². The summed E-state index contributed by atoms with van der Waals surface area (Å²) in [6.45, 7) is 1.70. The van der Waals surface area contributed by atoms with Crippen molar-refractivity contribution >= 4 is 17.6 Å². The fourth-order valence-corrected chi connectivity index (χ4v) is 3.17. The van der Waals surface area contributed by atoms with Gasteiger partial charge in [0.2, 0.25) is 0 Å². The molecule has 6 heteroatoms. The van der Waals surface area contributed by atoms with Gasteiger partial charge in [0.25, 0.3) is 11.5 Å². The SMILES string of the molecule is Cc1c2c([nH]c(=O)c1C(=O)Nc1ccc(-c3ccccc3)cc1)C(=O)OC2. The van der Waals surface area contributed by atoms with Gasteiger partial charge < -0.3 is 15.0 Å². The highest BCUT2D eigenvalue weighted by atomic mass is 16.5. The summed E-state index contributed by atoms with van der Waals surface area (Å²) >= 11 is 0. The number of aromatic nitrogens is 1. The van der Waals surface area contributed by atoms with Gasteiger partial charge in [0, 0.05) is 11.3 Å². The number of cyclic esters (lactones) is 1. The topological polar surface area (TPSA) is 88.3 Å². The number of anilines is 1. The highest BCUT2D eigenvalue weighted by Crippen LogP contribution is 2.24. The van der Waals surface area contributed by atoms with E-state index < -0.39 is 17.4 Å². The van der Waals surface area contributed by atoms with E-state index in [2.05, 4.69) is 10.3 Å². The van der Waals surface area contributed by atoms with Crippen molar-refractivity contribution in [2.24, 2.45) is 0 Å². The first-order valence-corrected chi connectivity index (χ1v) is 8.44. The number of rotatable bonds is 3. The molecular weight excluding hydrogens is 344 g/mol. The van der Waals surface area contributed by atoms with Crippen LogP contribution in [-0.4, -0.2) is 16.9 Å². The smallest absolute Gasteiger partial charge is 0.355 e. The number of benzene rings is 2. The first kappa shape index (κ1) is 16.8. The minimum Gasteiger partial charge on any atom is -0.456 e. The van der Waals surface area contributed by atoms with Crippen LogP contribution in [0, 0.1) is 6.92 Å². The van der Waals surface area contributed by atoms with Crippen LogP contribution < -0.4 is 10.9 Å². The van der Waals surface area contributed by atoms with Crippen molar-refractivity contribution in [2.75, 3.05) is 5.32 Å². The largest absolute Gasteiger partial charge is 0.456 e. The molecule has 4 rings (SSSR count). The number of hydrogen-bond donors (Lipinski definition) is 2. The summed E-state index contributed by atoms with van der Waals surface area (Å²) in [6.07, 6.45) is 0. The zero-order valence-electron chi connectivity index (χ0n) is 14.5. The quantitative estimate of drug-likeness (QED) is 0.702. The number of H-pyrrole nitrogens is 1. The Bertz CT molecular complexity index is 1100. The summed E-state index contributed by atoms with van der Waals surface area (Å²) in [4.78, 5) is 39.0. The second-order valence-electron chi connectivity index (χ2n) is 6.28. The maximum atomic E-state index is 12.6. The van der Waals surface area contributed by atoms with Crippen LogP contribution in [0.2, 0.25) is 0 Å². The molecule has 134 valence electrons. The lowest BCUT2D eigenvalue weighted by Crippen LogP contribution is -2.27. The lowest BCUT2D eigenvalue weighted by molar-refractivity contribution is 0.0530. The molecule has 1 aliphatic heterocycles. The number of amides is 1. The van der Waals surface area contributed by atoms with Crippen LogP contribution in [0.1, 0.15) is 32.0 Å². The third kappa shape index (κ3) is 3.01.